The Morgan fingerprint density at radius 1 is 1.08 bits per heavy atom. The number of phenolic OH excluding ortho intramolecular Hbond substituents is 2. The number of fused-ring (bicyclic) bond motifs is 3. The summed E-state index contributed by atoms with van der Waals surface area (Å²) in [6.07, 6.45) is -1.40. The van der Waals surface area contributed by atoms with E-state index in [1.807, 2.05) is 6.92 Å². The zero-order valence-corrected chi connectivity index (χ0v) is 19.8. The van der Waals surface area contributed by atoms with Gasteiger partial charge < -0.3 is 29.9 Å². The van der Waals surface area contributed by atoms with E-state index in [0.717, 1.165) is 6.42 Å². The molecule has 0 amide bonds. The number of carbonyl (C=O) groups excluding carboxylic acids is 4. The first-order chi connectivity index (χ1) is 17.1. The van der Waals surface area contributed by atoms with Crippen molar-refractivity contribution in [2.75, 3.05) is 13.7 Å². The topological polar surface area (TPSA) is 168 Å². The average molecular weight is 498 g/mol. The summed E-state index contributed by atoms with van der Waals surface area (Å²) in [6, 6.07) is 4.34. The smallest absolute Gasteiger partial charge is 0.306 e. The fourth-order valence-corrected chi connectivity index (χ4v) is 4.83. The monoisotopic (exact) mass is 498 g/mol. The fourth-order valence-electron chi connectivity index (χ4n) is 4.83. The predicted molar refractivity (Wildman–Crippen MR) is 123 cm³/mol. The standard InChI is InChI=1S/C26H26O10/c1-3-4-8-17(29)36-11-16(28)26(34)9-13-18(14(27)10-26)24(32)21-20(23(13)31)22(30)12-6-5-7-15(35-2)19(12)25(21)33/h5-7,14,27,31-32,34H,3-4,8-11H2,1-2H3/t14-,26-/m0/s1. The summed E-state index contributed by atoms with van der Waals surface area (Å²) >= 11 is 0. The zero-order chi connectivity index (χ0) is 26.4. The van der Waals surface area contributed by atoms with Crippen LogP contribution in [-0.2, 0) is 20.7 Å². The number of aliphatic hydroxyl groups is 2. The number of ether oxygens (including phenoxy) is 2. The highest BCUT2D eigenvalue weighted by Crippen LogP contribution is 2.51. The lowest BCUT2D eigenvalue weighted by Gasteiger charge is -2.37. The van der Waals surface area contributed by atoms with Crippen LogP contribution in [-0.4, -0.2) is 63.1 Å². The molecule has 0 radical (unpaired) electrons. The number of phenols is 2. The number of aliphatic hydroxyl groups excluding tert-OH is 1. The van der Waals surface area contributed by atoms with E-state index in [4.69, 9.17) is 9.47 Å². The van der Waals surface area contributed by atoms with Crippen LogP contribution in [0.3, 0.4) is 0 Å². The second-order valence-electron chi connectivity index (χ2n) is 9.00. The minimum absolute atomic E-state index is 0.0526. The number of aromatic hydroxyl groups is 2. The molecule has 10 nitrogen and oxygen atoms in total. The molecular weight excluding hydrogens is 472 g/mol. The molecule has 0 bridgehead atoms. The Hall–Kier alpha value is -3.76. The number of carbonyl (C=O) groups is 4. The van der Waals surface area contributed by atoms with Crippen LogP contribution in [0.5, 0.6) is 17.2 Å². The third-order valence-electron chi connectivity index (χ3n) is 6.71. The number of hydrogen-bond acceptors (Lipinski definition) is 10. The first-order valence-corrected chi connectivity index (χ1v) is 11.5. The summed E-state index contributed by atoms with van der Waals surface area (Å²) in [5.74, 6) is -4.42. The Labute approximate surface area is 206 Å². The minimum Gasteiger partial charge on any atom is -0.507 e. The molecule has 0 heterocycles. The van der Waals surface area contributed by atoms with Crippen molar-refractivity contribution in [2.24, 2.45) is 0 Å². The van der Waals surface area contributed by atoms with Crippen LogP contribution < -0.4 is 4.74 Å². The van der Waals surface area contributed by atoms with Gasteiger partial charge in [0.25, 0.3) is 0 Å². The van der Waals surface area contributed by atoms with Crippen molar-refractivity contribution in [3.8, 4) is 17.2 Å². The molecule has 0 spiro atoms. The first kappa shape index (κ1) is 25.3. The van der Waals surface area contributed by atoms with Crippen molar-refractivity contribution in [1.29, 1.82) is 0 Å². The van der Waals surface area contributed by atoms with Gasteiger partial charge in [0.15, 0.2) is 12.4 Å². The summed E-state index contributed by atoms with van der Waals surface area (Å²) in [4.78, 5) is 51.2. The number of unbranched alkanes of at least 4 members (excludes halogenated alkanes) is 1. The Kier molecular flexibility index (Phi) is 6.59. The lowest BCUT2D eigenvalue weighted by molar-refractivity contribution is -0.156. The van der Waals surface area contributed by atoms with Crippen molar-refractivity contribution >= 4 is 23.3 Å². The molecule has 4 rings (SSSR count). The molecule has 0 aromatic heterocycles. The van der Waals surface area contributed by atoms with Gasteiger partial charge in [-0.1, -0.05) is 25.5 Å². The van der Waals surface area contributed by atoms with Crippen molar-refractivity contribution in [2.45, 2.75) is 50.7 Å². The maximum Gasteiger partial charge on any atom is 0.306 e. The van der Waals surface area contributed by atoms with Gasteiger partial charge in [-0.05, 0) is 12.5 Å². The molecule has 2 aliphatic carbocycles. The largest absolute Gasteiger partial charge is 0.507 e. The van der Waals surface area contributed by atoms with Gasteiger partial charge in [0.05, 0.1) is 29.9 Å². The molecule has 10 heteroatoms. The Bertz CT molecular complexity index is 1290. The van der Waals surface area contributed by atoms with Gasteiger partial charge in [0.2, 0.25) is 11.6 Å². The summed E-state index contributed by atoms with van der Waals surface area (Å²) in [6.45, 7) is 1.14. The van der Waals surface area contributed by atoms with Crippen LogP contribution in [0, 0.1) is 0 Å². The van der Waals surface area contributed by atoms with E-state index in [-0.39, 0.29) is 34.4 Å². The summed E-state index contributed by atoms with van der Waals surface area (Å²) in [5, 5.41) is 43.9. The van der Waals surface area contributed by atoms with Gasteiger partial charge in [0.1, 0.15) is 22.8 Å². The summed E-state index contributed by atoms with van der Waals surface area (Å²) in [7, 11) is 1.32. The fraction of sp³-hybridized carbons (Fsp3) is 0.385. The summed E-state index contributed by atoms with van der Waals surface area (Å²) in [5.41, 5.74) is -3.88. The molecule has 4 N–H and O–H groups in total. The Morgan fingerprint density at radius 3 is 2.44 bits per heavy atom. The first-order valence-electron chi connectivity index (χ1n) is 11.5. The van der Waals surface area contributed by atoms with Gasteiger partial charge in [-0.15, -0.1) is 0 Å². The number of hydrogen-bond donors (Lipinski definition) is 4. The third-order valence-corrected chi connectivity index (χ3v) is 6.71. The molecule has 2 atom stereocenters. The molecule has 0 saturated carbocycles. The summed E-state index contributed by atoms with van der Waals surface area (Å²) < 4.78 is 10.1. The molecular formula is C26H26O10. The molecule has 2 aromatic carbocycles. The highest BCUT2D eigenvalue weighted by atomic mass is 16.5. The second kappa shape index (κ2) is 9.36. The van der Waals surface area contributed by atoms with E-state index in [1.165, 1.54) is 25.3 Å². The van der Waals surface area contributed by atoms with E-state index >= 15 is 0 Å². The highest BCUT2D eigenvalue weighted by Gasteiger charge is 2.48. The van der Waals surface area contributed by atoms with Crippen LogP contribution >= 0.6 is 0 Å². The Morgan fingerprint density at radius 2 is 1.78 bits per heavy atom. The molecule has 0 fully saturated rings. The van der Waals surface area contributed by atoms with E-state index in [9.17, 15) is 39.6 Å². The lowest BCUT2D eigenvalue weighted by Crippen LogP contribution is -2.47. The SMILES string of the molecule is CCCCC(=O)OCC(=O)[C@]1(O)Cc2c(O)c3c(c(O)c2[C@@H](O)C1)C(=O)c1c(OC)cccc1C3=O. The molecule has 2 aromatic rings. The Balaban J connectivity index is 1.75. The zero-order valence-electron chi connectivity index (χ0n) is 19.8. The van der Waals surface area contributed by atoms with Gasteiger partial charge in [-0.3, -0.25) is 19.2 Å². The van der Waals surface area contributed by atoms with Crippen molar-refractivity contribution in [3.63, 3.8) is 0 Å². The predicted octanol–water partition coefficient (Wildman–Crippen LogP) is 1.89. The van der Waals surface area contributed by atoms with Crippen molar-refractivity contribution in [1.82, 2.24) is 0 Å². The van der Waals surface area contributed by atoms with Gasteiger partial charge in [-0.2, -0.15) is 0 Å². The lowest BCUT2D eigenvalue weighted by atomic mass is 9.72. The highest BCUT2D eigenvalue weighted by molar-refractivity contribution is 6.31. The van der Waals surface area contributed by atoms with E-state index in [2.05, 4.69) is 0 Å². The van der Waals surface area contributed by atoms with Crippen LogP contribution in [0.25, 0.3) is 0 Å². The number of esters is 1. The van der Waals surface area contributed by atoms with Crippen LogP contribution in [0.2, 0.25) is 0 Å². The van der Waals surface area contributed by atoms with E-state index in [0.29, 0.717) is 6.42 Å². The van der Waals surface area contributed by atoms with Crippen LogP contribution in [0.1, 0.15) is 81.7 Å². The maximum absolute atomic E-state index is 13.3. The van der Waals surface area contributed by atoms with Gasteiger partial charge in [-0.25, -0.2) is 0 Å². The second-order valence-corrected chi connectivity index (χ2v) is 9.00. The van der Waals surface area contributed by atoms with Crippen molar-refractivity contribution < 1.29 is 49.1 Å². The quantitative estimate of drug-likeness (QED) is 0.279. The molecule has 2 aliphatic rings. The van der Waals surface area contributed by atoms with Crippen LogP contribution in [0.15, 0.2) is 18.2 Å². The average Bonchev–Trinajstić information content (AvgIpc) is 2.85. The van der Waals surface area contributed by atoms with E-state index in [1.54, 1.807) is 0 Å². The molecule has 190 valence electrons. The number of Topliss-reactive ketones (excluding diaryl/α,β-unsaturated/α-hetero) is 1. The molecule has 0 unspecified atom stereocenters. The number of rotatable bonds is 7. The van der Waals surface area contributed by atoms with Gasteiger partial charge in [0, 0.05) is 36.0 Å². The number of ketones is 3. The molecule has 0 aliphatic heterocycles. The van der Waals surface area contributed by atoms with Gasteiger partial charge >= 0.3 is 5.97 Å². The normalized spacial score (nSPS) is 20.3. The minimum atomic E-state index is -2.25. The maximum atomic E-state index is 13.3. The number of benzene rings is 2. The van der Waals surface area contributed by atoms with E-state index < -0.39 is 77.1 Å². The molecule has 0 saturated heterocycles. The number of methoxy groups -OCH3 is 1. The van der Waals surface area contributed by atoms with Crippen molar-refractivity contribution in [3.05, 3.63) is 51.6 Å². The van der Waals surface area contributed by atoms with Crippen LogP contribution in [0.4, 0.5) is 0 Å². The third kappa shape index (κ3) is 3.92. The molecule has 36 heavy (non-hydrogen) atoms.